The third kappa shape index (κ3) is 3.97. The average Bonchev–Trinajstić information content (AvgIpc) is 3.48. The molecule has 0 atom stereocenters. The Morgan fingerprint density at radius 1 is 0.348 bits per heavy atom. The Morgan fingerprint density at radius 2 is 1.00 bits per heavy atom. The lowest BCUT2D eigenvalue weighted by atomic mass is 9.93. The lowest BCUT2D eigenvalue weighted by Gasteiger charge is -2.21. The van der Waals surface area contributed by atoms with E-state index >= 15 is 0 Å². The second-order valence-corrected chi connectivity index (χ2v) is 13.2. The van der Waals surface area contributed by atoms with Crippen LogP contribution < -0.4 is 0 Å². The molecule has 1 aliphatic rings. The summed E-state index contributed by atoms with van der Waals surface area (Å²) in [6.45, 7) is 0. The number of hydrogen-bond donors (Lipinski definition) is 0. The molecule has 0 radical (unpaired) electrons. The highest BCUT2D eigenvalue weighted by atomic mass is 32.2. The van der Waals surface area contributed by atoms with Gasteiger partial charge in [0.1, 0.15) is 11.2 Å². The SMILES string of the molecule is c1cc(-c2ccc(-c3cccc4oc5cc6ccccc6cc5c34)cc2)cc(-c2ccc3c(c2)-c2cccc4cccc(c24)S3)c1. The van der Waals surface area contributed by atoms with Crippen molar-refractivity contribution in [2.45, 2.75) is 9.79 Å². The summed E-state index contributed by atoms with van der Waals surface area (Å²) >= 11 is 1.87. The predicted molar refractivity (Wildman–Crippen MR) is 195 cm³/mol. The van der Waals surface area contributed by atoms with Crippen LogP contribution in [0.1, 0.15) is 0 Å². The van der Waals surface area contributed by atoms with Gasteiger partial charge in [-0.1, -0.05) is 127 Å². The first-order chi connectivity index (χ1) is 22.8. The standard InChI is InChI=1S/C44H26OS/c1-2-8-33-26-40-38(25-32(33)7-1)44-35(13-6-15-39(44)45-40)28-19-17-27(18-20-28)30-11-3-12-31(23-30)34-21-22-41-37(24-34)36-14-4-9-29-10-5-16-42(46-41)43(29)36/h1-26H. The Kier molecular flexibility index (Phi) is 5.58. The Bertz CT molecular complexity index is 2660. The van der Waals surface area contributed by atoms with Crippen LogP contribution in [0.15, 0.2) is 172 Å². The third-order valence-corrected chi connectivity index (χ3v) is 10.6. The first-order valence-corrected chi connectivity index (χ1v) is 16.5. The van der Waals surface area contributed by atoms with Crippen LogP contribution in [0.25, 0.3) is 88.0 Å². The molecule has 1 nitrogen and oxygen atoms in total. The largest absolute Gasteiger partial charge is 0.456 e. The van der Waals surface area contributed by atoms with Gasteiger partial charge in [0, 0.05) is 25.9 Å². The zero-order chi connectivity index (χ0) is 30.2. The number of fused-ring (bicyclic) bond motifs is 6. The van der Waals surface area contributed by atoms with Gasteiger partial charge in [0.05, 0.1) is 0 Å². The fourth-order valence-electron chi connectivity index (χ4n) is 7.22. The van der Waals surface area contributed by atoms with E-state index in [0.29, 0.717) is 0 Å². The van der Waals surface area contributed by atoms with Crippen molar-refractivity contribution in [2.75, 3.05) is 0 Å². The Balaban J connectivity index is 1.02. The van der Waals surface area contributed by atoms with E-state index in [9.17, 15) is 0 Å². The normalized spacial score (nSPS) is 12.3. The highest BCUT2D eigenvalue weighted by molar-refractivity contribution is 7.99. The van der Waals surface area contributed by atoms with Crippen LogP contribution in [0.2, 0.25) is 0 Å². The molecule has 2 heteroatoms. The molecule has 0 fully saturated rings. The molecular weight excluding hydrogens is 577 g/mol. The molecule has 1 aromatic heterocycles. The molecule has 2 heterocycles. The van der Waals surface area contributed by atoms with Gasteiger partial charge in [-0.2, -0.15) is 0 Å². The topological polar surface area (TPSA) is 13.1 Å². The summed E-state index contributed by atoms with van der Waals surface area (Å²) in [5, 5.41) is 7.41. The zero-order valence-corrected chi connectivity index (χ0v) is 25.6. The molecule has 9 aromatic rings. The second-order valence-electron chi connectivity index (χ2n) is 12.1. The number of furan rings is 1. The van der Waals surface area contributed by atoms with Gasteiger partial charge in [-0.25, -0.2) is 0 Å². The van der Waals surface area contributed by atoms with E-state index in [1.54, 1.807) is 0 Å². The molecule has 0 aliphatic carbocycles. The number of hydrogen-bond acceptors (Lipinski definition) is 2. The maximum atomic E-state index is 6.34. The molecular formula is C44H26OS. The van der Waals surface area contributed by atoms with Gasteiger partial charge in [-0.05, 0) is 103 Å². The number of benzene rings is 8. The van der Waals surface area contributed by atoms with E-state index in [-0.39, 0.29) is 0 Å². The molecule has 8 aromatic carbocycles. The third-order valence-electron chi connectivity index (χ3n) is 9.44. The van der Waals surface area contributed by atoms with Crippen LogP contribution in [-0.4, -0.2) is 0 Å². The van der Waals surface area contributed by atoms with Crippen LogP contribution in [0.3, 0.4) is 0 Å². The molecule has 0 N–H and O–H groups in total. The zero-order valence-electron chi connectivity index (χ0n) is 24.8. The summed E-state index contributed by atoms with van der Waals surface area (Å²) in [6.07, 6.45) is 0. The average molecular weight is 603 g/mol. The fraction of sp³-hybridized carbons (Fsp3) is 0. The maximum Gasteiger partial charge on any atom is 0.136 e. The monoisotopic (exact) mass is 602 g/mol. The van der Waals surface area contributed by atoms with Crippen molar-refractivity contribution in [2.24, 2.45) is 0 Å². The summed E-state index contributed by atoms with van der Waals surface area (Å²) in [5.74, 6) is 0. The Hall–Kier alpha value is -5.57. The molecule has 46 heavy (non-hydrogen) atoms. The van der Waals surface area contributed by atoms with E-state index in [2.05, 4.69) is 158 Å². The van der Waals surface area contributed by atoms with Gasteiger partial charge in [0.15, 0.2) is 0 Å². The van der Waals surface area contributed by atoms with Gasteiger partial charge in [-0.15, -0.1) is 0 Å². The van der Waals surface area contributed by atoms with E-state index in [0.717, 1.165) is 16.6 Å². The van der Waals surface area contributed by atoms with E-state index in [1.807, 2.05) is 11.8 Å². The van der Waals surface area contributed by atoms with Gasteiger partial charge in [0.25, 0.3) is 0 Å². The summed E-state index contributed by atoms with van der Waals surface area (Å²) in [4.78, 5) is 2.65. The van der Waals surface area contributed by atoms with E-state index in [1.165, 1.54) is 81.2 Å². The summed E-state index contributed by atoms with van der Waals surface area (Å²) < 4.78 is 6.34. The van der Waals surface area contributed by atoms with Gasteiger partial charge >= 0.3 is 0 Å². The fourth-order valence-corrected chi connectivity index (χ4v) is 8.34. The first kappa shape index (κ1) is 25.7. The summed E-state index contributed by atoms with van der Waals surface area (Å²) in [6, 6.07) is 57.3. The van der Waals surface area contributed by atoms with Crippen molar-refractivity contribution in [3.8, 4) is 44.5 Å². The molecule has 10 rings (SSSR count). The van der Waals surface area contributed by atoms with Gasteiger partial charge in [0.2, 0.25) is 0 Å². The van der Waals surface area contributed by atoms with Crippen molar-refractivity contribution < 1.29 is 4.42 Å². The quantitative estimate of drug-likeness (QED) is 0.200. The minimum Gasteiger partial charge on any atom is -0.456 e. The van der Waals surface area contributed by atoms with Gasteiger partial charge in [-0.3, -0.25) is 0 Å². The van der Waals surface area contributed by atoms with Crippen LogP contribution >= 0.6 is 11.8 Å². The summed E-state index contributed by atoms with van der Waals surface area (Å²) in [7, 11) is 0. The molecule has 0 bridgehead atoms. The maximum absolute atomic E-state index is 6.34. The minimum atomic E-state index is 0.919. The minimum absolute atomic E-state index is 0.919. The molecule has 214 valence electrons. The number of rotatable bonds is 3. The second kappa shape index (κ2) is 9.97. The molecule has 0 amide bonds. The highest BCUT2D eigenvalue weighted by Gasteiger charge is 2.19. The predicted octanol–water partition coefficient (Wildman–Crippen LogP) is 13.0. The van der Waals surface area contributed by atoms with Crippen LogP contribution in [0, 0.1) is 0 Å². The van der Waals surface area contributed by atoms with Crippen LogP contribution in [0.4, 0.5) is 0 Å². The first-order valence-electron chi connectivity index (χ1n) is 15.7. The molecule has 0 saturated heterocycles. The molecule has 0 spiro atoms. The van der Waals surface area contributed by atoms with E-state index in [4.69, 9.17) is 4.42 Å². The van der Waals surface area contributed by atoms with Crippen molar-refractivity contribution >= 4 is 55.2 Å². The lowest BCUT2D eigenvalue weighted by Crippen LogP contribution is -1.93. The van der Waals surface area contributed by atoms with Crippen molar-refractivity contribution in [1.29, 1.82) is 0 Å². The van der Waals surface area contributed by atoms with Crippen molar-refractivity contribution in [3.63, 3.8) is 0 Å². The van der Waals surface area contributed by atoms with Crippen LogP contribution in [0.5, 0.6) is 0 Å². The Labute approximate surface area is 270 Å². The van der Waals surface area contributed by atoms with Gasteiger partial charge < -0.3 is 4.42 Å². The molecule has 0 saturated carbocycles. The van der Waals surface area contributed by atoms with Crippen LogP contribution in [-0.2, 0) is 0 Å². The highest BCUT2D eigenvalue weighted by Crippen LogP contribution is 2.49. The van der Waals surface area contributed by atoms with Crippen molar-refractivity contribution in [3.05, 3.63) is 158 Å². The lowest BCUT2D eigenvalue weighted by molar-refractivity contribution is 0.669. The van der Waals surface area contributed by atoms with Crippen molar-refractivity contribution in [1.82, 2.24) is 0 Å². The summed E-state index contributed by atoms with van der Waals surface area (Å²) in [5.41, 5.74) is 11.7. The smallest absolute Gasteiger partial charge is 0.136 e. The molecule has 1 aliphatic heterocycles. The van der Waals surface area contributed by atoms with E-state index < -0.39 is 0 Å². The Morgan fingerprint density at radius 3 is 1.87 bits per heavy atom. The molecule has 0 unspecified atom stereocenters.